The third kappa shape index (κ3) is 1.21. The van der Waals surface area contributed by atoms with Gasteiger partial charge in [0, 0.05) is 0 Å². The molecule has 5 heteroatoms. The van der Waals surface area contributed by atoms with E-state index in [1.807, 2.05) is 0 Å². The smallest absolute Gasteiger partial charge is 0.208 e. The summed E-state index contributed by atoms with van der Waals surface area (Å²) in [4.78, 5) is 10.2. The molecule has 1 rings (SSSR count). The van der Waals surface area contributed by atoms with Crippen LogP contribution in [0.4, 0.5) is 4.39 Å². The second kappa shape index (κ2) is 2.98. The Bertz CT molecular complexity index is 338. The highest BCUT2D eigenvalue weighted by Gasteiger charge is 2.15. The van der Waals surface area contributed by atoms with Gasteiger partial charge in [0.25, 0.3) is 0 Å². The highest BCUT2D eigenvalue weighted by Crippen LogP contribution is 2.34. The fraction of sp³-hybridized carbons (Fsp3) is 0. The molecule has 0 atom stereocenters. The van der Waals surface area contributed by atoms with Crippen molar-refractivity contribution in [2.75, 3.05) is 0 Å². The molecule has 0 aliphatic rings. The lowest BCUT2D eigenvalue weighted by atomic mass is 10.2. The molecular formula is C7H4ClFO3. The minimum Gasteiger partial charge on any atom is -0.504 e. The van der Waals surface area contributed by atoms with Crippen LogP contribution in [0.5, 0.6) is 11.5 Å². The minimum atomic E-state index is -1.29. The Labute approximate surface area is 72.0 Å². The first-order chi connectivity index (χ1) is 5.57. The van der Waals surface area contributed by atoms with Gasteiger partial charge in [-0.25, -0.2) is 0 Å². The fourth-order valence-corrected chi connectivity index (χ4v) is 0.907. The summed E-state index contributed by atoms with van der Waals surface area (Å²) in [5, 5.41) is 17.4. The van der Waals surface area contributed by atoms with Crippen molar-refractivity contribution in [3.8, 4) is 11.5 Å². The van der Waals surface area contributed by atoms with E-state index in [-0.39, 0.29) is 16.9 Å². The van der Waals surface area contributed by atoms with Crippen LogP contribution in [-0.4, -0.2) is 16.5 Å². The number of carbonyl (C=O) groups excluding carboxylic acids is 1. The summed E-state index contributed by atoms with van der Waals surface area (Å²) in [6.07, 6.45) is 0.240. The number of phenols is 2. The largest absolute Gasteiger partial charge is 0.504 e. The summed E-state index contributed by atoms with van der Waals surface area (Å²) < 4.78 is 12.7. The molecule has 0 aliphatic heterocycles. The number of aldehydes is 1. The number of hydrogen-bond acceptors (Lipinski definition) is 3. The van der Waals surface area contributed by atoms with Gasteiger partial charge in [-0.1, -0.05) is 11.6 Å². The summed E-state index contributed by atoms with van der Waals surface area (Å²) in [6.45, 7) is 0. The lowest BCUT2D eigenvalue weighted by Crippen LogP contribution is -1.87. The normalized spacial score (nSPS) is 9.83. The van der Waals surface area contributed by atoms with Crippen LogP contribution in [0.15, 0.2) is 6.07 Å². The van der Waals surface area contributed by atoms with Gasteiger partial charge in [0.1, 0.15) is 0 Å². The van der Waals surface area contributed by atoms with Gasteiger partial charge >= 0.3 is 0 Å². The Morgan fingerprint density at radius 1 is 1.42 bits per heavy atom. The number of aromatic hydroxyl groups is 2. The Balaban J connectivity index is 3.49. The molecule has 0 aliphatic carbocycles. The molecule has 1 aromatic rings. The maximum Gasteiger partial charge on any atom is 0.208 e. The number of rotatable bonds is 1. The standard InChI is InChI=1S/C7H4ClFO3/c8-4-1-3(2-10)6(11)5(9)7(4)12/h1-2,11-12H. The van der Waals surface area contributed by atoms with Gasteiger partial charge < -0.3 is 10.2 Å². The number of benzene rings is 1. The van der Waals surface area contributed by atoms with Crippen molar-refractivity contribution >= 4 is 17.9 Å². The molecule has 0 heterocycles. The molecule has 0 aromatic heterocycles. The molecule has 1 aromatic carbocycles. The molecule has 3 nitrogen and oxygen atoms in total. The highest BCUT2D eigenvalue weighted by atomic mass is 35.5. The van der Waals surface area contributed by atoms with E-state index < -0.39 is 17.3 Å². The Morgan fingerprint density at radius 3 is 2.50 bits per heavy atom. The van der Waals surface area contributed by atoms with Crippen LogP contribution >= 0.6 is 11.6 Å². The highest BCUT2D eigenvalue weighted by molar-refractivity contribution is 6.32. The lowest BCUT2D eigenvalue weighted by molar-refractivity contribution is 0.112. The van der Waals surface area contributed by atoms with Crippen LogP contribution in [0.1, 0.15) is 10.4 Å². The van der Waals surface area contributed by atoms with E-state index in [1.165, 1.54) is 0 Å². The predicted octanol–water partition coefficient (Wildman–Crippen LogP) is 1.70. The molecule has 0 saturated carbocycles. The molecule has 0 bridgehead atoms. The molecule has 0 fully saturated rings. The molecule has 12 heavy (non-hydrogen) atoms. The molecule has 0 saturated heterocycles. The summed E-state index contributed by atoms with van der Waals surface area (Å²) in [5.74, 6) is -3.05. The van der Waals surface area contributed by atoms with Crippen molar-refractivity contribution in [1.29, 1.82) is 0 Å². The average molecular weight is 191 g/mol. The Morgan fingerprint density at radius 2 is 2.00 bits per heavy atom. The zero-order valence-electron chi connectivity index (χ0n) is 5.71. The number of halogens is 2. The van der Waals surface area contributed by atoms with Crippen molar-refractivity contribution < 1.29 is 19.4 Å². The van der Waals surface area contributed by atoms with Gasteiger partial charge in [-0.15, -0.1) is 0 Å². The van der Waals surface area contributed by atoms with Crippen molar-refractivity contribution in [3.05, 3.63) is 22.5 Å². The van der Waals surface area contributed by atoms with Crippen LogP contribution in [0.2, 0.25) is 5.02 Å². The van der Waals surface area contributed by atoms with Crippen LogP contribution < -0.4 is 0 Å². The first-order valence-electron chi connectivity index (χ1n) is 2.93. The zero-order valence-corrected chi connectivity index (χ0v) is 6.47. The van der Waals surface area contributed by atoms with E-state index in [2.05, 4.69) is 0 Å². The van der Waals surface area contributed by atoms with E-state index in [9.17, 15) is 9.18 Å². The maximum absolute atomic E-state index is 12.7. The molecule has 2 N–H and O–H groups in total. The lowest BCUT2D eigenvalue weighted by Gasteiger charge is -2.02. The molecular weight excluding hydrogens is 187 g/mol. The first-order valence-corrected chi connectivity index (χ1v) is 3.30. The summed E-state index contributed by atoms with van der Waals surface area (Å²) in [7, 11) is 0. The second-order valence-electron chi connectivity index (χ2n) is 2.08. The van der Waals surface area contributed by atoms with Crippen molar-refractivity contribution in [1.82, 2.24) is 0 Å². The quantitative estimate of drug-likeness (QED) is 0.663. The van der Waals surface area contributed by atoms with Gasteiger partial charge in [0.2, 0.25) is 5.82 Å². The third-order valence-electron chi connectivity index (χ3n) is 1.32. The van der Waals surface area contributed by atoms with Gasteiger partial charge in [-0.05, 0) is 6.07 Å². The van der Waals surface area contributed by atoms with Crippen LogP contribution in [-0.2, 0) is 0 Å². The summed E-state index contributed by atoms with van der Waals surface area (Å²) in [5.41, 5.74) is -0.296. The molecule has 0 amide bonds. The summed E-state index contributed by atoms with van der Waals surface area (Å²) in [6, 6.07) is 0.975. The number of carbonyl (C=O) groups is 1. The number of hydrogen-bond donors (Lipinski definition) is 2. The maximum atomic E-state index is 12.7. The fourth-order valence-electron chi connectivity index (χ4n) is 0.707. The predicted molar refractivity (Wildman–Crippen MR) is 40.1 cm³/mol. The van der Waals surface area contributed by atoms with Crippen molar-refractivity contribution in [2.45, 2.75) is 0 Å². The first kappa shape index (κ1) is 8.80. The van der Waals surface area contributed by atoms with Gasteiger partial charge in [-0.3, -0.25) is 4.79 Å². The van der Waals surface area contributed by atoms with Crippen molar-refractivity contribution in [3.63, 3.8) is 0 Å². The second-order valence-corrected chi connectivity index (χ2v) is 2.48. The molecule has 0 radical (unpaired) electrons. The van der Waals surface area contributed by atoms with E-state index in [0.717, 1.165) is 6.07 Å². The minimum absolute atomic E-state index is 0.240. The van der Waals surface area contributed by atoms with E-state index >= 15 is 0 Å². The van der Waals surface area contributed by atoms with Crippen molar-refractivity contribution in [2.24, 2.45) is 0 Å². The van der Waals surface area contributed by atoms with Crippen LogP contribution in [0.25, 0.3) is 0 Å². The van der Waals surface area contributed by atoms with E-state index in [1.54, 1.807) is 0 Å². The van der Waals surface area contributed by atoms with Crippen LogP contribution in [0, 0.1) is 5.82 Å². The topological polar surface area (TPSA) is 57.5 Å². The average Bonchev–Trinajstić information content (AvgIpc) is 2.08. The summed E-state index contributed by atoms with van der Waals surface area (Å²) >= 11 is 5.31. The molecule has 0 spiro atoms. The molecule has 0 unspecified atom stereocenters. The monoisotopic (exact) mass is 190 g/mol. The Hall–Kier alpha value is -1.29. The Kier molecular flexibility index (Phi) is 2.19. The van der Waals surface area contributed by atoms with E-state index in [4.69, 9.17) is 21.8 Å². The SMILES string of the molecule is O=Cc1cc(Cl)c(O)c(F)c1O. The van der Waals surface area contributed by atoms with Gasteiger partial charge in [0.15, 0.2) is 17.8 Å². The number of phenolic OH excluding ortho intramolecular Hbond substituents is 2. The van der Waals surface area contributed by atoms with Gasteiger partial charge in [-0.2, -0.15) is 4.39 Å². The third-order valence-corrected chi connectivity index (χ3v) is 1.61. The molecule has 64 valence electrons. The van der Waals surface area contributed by atoms with Crippen LogP contribution in [0.3, 0.4) is 0 Å². The van der Waals surface area contributed by atoms with E-state index in [0.29, 0.717) is 0 Å². The zero-order chi connectivity index (χ0) is 9.30. The van der Waals surface area contributed by atoms with Gasteiger partial charge in [0.05, 0.1) is 10.6 Å².